The van der Waals surface area contributed by atoms with Gasteiger partial charge in [-0.2, -0.15) is 0 Å². The molecule has 35 heavy (non-hydrogen) atoms. The van der Waals surface area contributed by atoms with E-state index in [0.717, 1.165) is 29.9 Å². The van der Waals surface area contributed by atoms with Gasteiger partial charge in [-0.25, -0.2) is 9.97 Å². The molecule has 9 nitrogen and oxygen atoms in total. The molecule has 1 aliphatic heterocycles. The minimum absolute atomic E-state index is 0.0403. The molecular formula is C26H30N6O3. The van der Waals surface area contributed by atoms with Gasteiger partial charge in [0.15, 0.2) is 11.5 Å². The van der Waals surface area contributed by atoms with E-state index in [-0.39, 0.29) is 18.6 Å². The monoisotopic (exact) mass is 474 g/mol. The number of carbonyl (C=O) groups is 1. The maximum Gasteiger partial charge on any atom is 0.246 e. The van der Waals surface area contributed by atoms with Gasteiger partial charge in [-0.05, 0) is 44.6 Å². The van der Waals surface area contributed by atoms with Crippen LogP contribution in [0.1, 0.15) is 12.1 Å². The maximum absolute atomic E-state index is 12.4. The number of likely N-dealkylation sites (N-methyl/N-ethyl adjacent to an activating group) is 1. The Bertz CT molecular complexity index is 1260. The number of para-hydroxylation sites is 2. The quantitative estimate of drug-likeness (QED) is 0.383. The highest BCUT2D eigenvalue weighted by atomic mass is 16.5. The van der Waals surface area contributed by atoms with Gasteiger partial charge in [0.1, 0.15) is 24.4 Å². The second kappa shape index (κ2) is 11.4. The van der Waals surface area contributed by atoms with Crippen molar-refractivity contribution in [2.45, 2.75) is 12.5 Å². The van der Waals surface area contributed by atoms with Crippen LogP contribution in [-0.2, 0) is 4.79 Å². The molecule has 3 aromatic rings. The van der Waals surface area contributed by atoms with Gasteiger partial charge in [0.05, 0.1) is 18.2 Å². The maximum atomic E-state index is 12.4. The minimum Gasteiger partial charge on any atom is -0.493 e. The van der Waals surface area contributed by atoms with E-state index in [2.05, 4.69) is 32.1 Å². The summed E-state index contributed by atoms with van der Waals surface area (Å²) in [7, 11) is 5.55. The third-order valence-electron chi connectivity index (χ3n) is 5.59. The zero-order valence-electron chi connectivity index (χ0n) is 20.2. The number of aromatic amines is 1. The number of hydrogen-bond donors (Lipinski definition) is 2. The van der Waals surface area contributed by atoms with Crippen LogP contribution in [0.5, 0.6) is 11.5 Å². The highest BCUT2D eigenvalue weighted by molar-refractivity contribution is 5.89. The van der Waals surface area contributed by atoms with Gasteiger partial charge in [0.25, 0.3) is 0 Å². The van der Waals surface area contributed by atoms with Gasteiger partial charge in [0, 0.05) is 31.8 Å². The van der Waals surface area contributed by atoms with E-state index in [9.17, 15) is 4.79 Å². The first-order chi connectivity index (χ1) is 17.0. The van der Waals surface area contributed by atoms with E-state index in [1.165, 1.54) is 6.33 Å². The molecule has 1 amide bonds. The highest BCUT2D eigenvalue weighted by Gasteiger charge is 2.25. The largest absolute Gasteiger partial charge is 0.493 e. The minimum atomic E-state index is 0.0403. The van der Waals surface area contributed by atoms with Crippen molar-refractivity contribution in [2.24, 2.45) is 0 Å². The number of fused-ring (bicyclic) bond motifs is 1. The molecule has 0 radical (unpaired) electrons. The van der Waals surface area contributed by atoms with E-state index >= 15 is 0 Å². The fourth-order valence-electron chi connectivity index (χ4n) is 3.85. The van der Waals surface area contributed by atoms with Gasteiger partial charge in [0.2, 0.25) is 5.91 Å². The van der Waals surface area contributed by atoms with Crippen LogP contribution in [0.4, 0.5) is 5.82 Å². The molecule has 0 aliphatic carbocycles. The second-order valence-electron chi connectivity index (χ2n) is 8.49. The number of rotatable bonds is 8. The number of methoxy groups -OCH3 is 1. The average molecular weight is 475 g/mol. The molecule has 2 N–H and O–H groups in total. The summed E-state index contributed by atoms with van der Waals surface area (Å²) < 4.78 is 11.0. The normalized spacial score (nSPS) is 15.4. The number of nitrogens with one attached hydrogen (secondary N) is 2. The van der Waals surface area contributed by atoms with Gasteiger partial charge in [-0.3, -0.25) is 4.79 Å². The Kier molecular flexibility index (Phi) is 7.85. The van der Waals surface area contributed by atoms with E-state index < -0.39 is 0 Å². The van der Waals surface area contributed by atoms with Crippen LogP contribution in [0.15, 0.2) is 48.8 Å². The van der Waals surface area contributed by atoms with Gasteiger partial charge < -0.3 is 29.6 Å². The van der Waals surface area contributed by atoms with Crippen LogP contribution in [-0.4, -0.2) is 84.1 Å². The van der Waals surface area contributed by atoms with E-state index in [4.69, 9.17) is 9.47 Å². The van der Waals surface area contributed by atoms with E-state index in [1.54, 1.807) is 13.2 Å². The number of likely N-dealkylation sites (tertiary alicyclic amines) is 1. The fourth-order valence-corrected chi connectivity index (χ4v) is 3.85. The van der Waals surface area contributed by atoms with Crippen LogP contribution in [0.3, 0.4) is 0 Å². The molecule has 1 fully saturated rings. The highest BCUT2D eigenvalue weighted by Crippen LogP contribution is 2.26. The number of aromatic nitrogens is 3. The molecule has 2 aromatic heterocycles. The third kappa shape index (κ3) is 6.31. The average Bonchev–Trinajstić information content (AvgIpc) is 3.49. The molecule has 4 rings (SSSR count). The van der Waals surface area contributed by atoms with Crippen LogP contribution < -0.4 is 14.8 Å². The van der Waals surface area contributed by atoms with Crippen molar-refractivity contribution in [1.29, 1.82) is 0 Å². The second-order valence-corrected chi connectivity index (χ2v) is 8.49. The Morgan fingerprint density at radius 2 is 2.14 bits per heavy atom. The van der Waals surface area contributed by atoms with Crippen molar-refractivity contribution in [3.05, 3.63) is 54.5 Å². The summed E-state index contributed by atoms with van der Waals surface area (Å²) in [6, 6.07) is 9.51. The van der Waals surface area contributed by atoms with Crippen molar-refractivity contribution in [1.82, 2.24) is 24.8 Å². The fraction of sp³-hybridized carbons (Fsp3) is 0.346. The summed E-state index contributed by atoms with van der Waals surface area (Å²) >= 11 is 0. The lowest BCUT2D eigenvalue weighted by atomic mass is 10.2. The van der Waals surface area contributed by atoms with Crippen molar-refractivity contribution in [3.8, 4) is 23.3 Å². The van der Waals surface area contributed by atoms with Gasteiger partial charge >= 0.3 is 0 Å². The van der Waals surface area contributed by atoms with Gasteiger partial charge in [-0.1, -0.05) is 24.1 Å². The molecule has 9 heteroatoms. The zero-order valence-corrected chi connectivity index (χ0v) is 20.2. The van der Waals surface area contributed by atoms with Crippen LogP contribution in [0.2, 0.25) is 0 Å². The molecule has 0 saturated carbocycles. The number of H-pyrrole nitrogens is 1. The molecule has 182 valence electrons. The summed E-state index contributed by atoms with van der Waals surface area (Å²) in [5.41, 5.74) is 1.43. The van der Waals surface area contributed by atoms with Crippen molar-refractivity contribution in [2.75, 3.05) is 52.8 Å². The van der Waals surface area contributed by atoms with Crippen molar-refractivity contribution < 1.29 is 14.3 Å². The number of nitrogens with zero attached hydrogens (tertiary/aromatic N) is 4. The molecule has 3 heterocycles. The molecule has 0 spiro atoms. The van der Waals surface area contributed by atoms with Crippen molar-refractivity contribution in [3.63, 3.8) is 0 Å². The van der Waals surface area contributed by atoms with Crippen LogP contribution >= 0.6 is 0 Å². The molecule has 1 aliphatic rings. The molecule has 0 bridgehead atoms. The lowest BCUT2D eigenvalue weighted by Gasteiger charge is -2.16. The number of hydrogen-bond acceptors (Lipinski definition) is 7. The SMILES string of the molecule is COc1ccccc1OCC#Cc1cc2c(N[C@@H]3CCN(C(=O)C=CCN(C)C)C3)ncnc2[nH]1. The Labute approximate surface area is 205 Å². The summed E-state index contributed by atoms with van der Waals surface area (Å²) in [5.74, 6) is 8.18. The molecule has 1 aromatic carbocycles. The lowest BCUT2D eigenvalue weighted by molar-refractivity contribution is -0.125. The Morgan fingerprint density at radius 3 is 2.94 bits per heavy atom. The Balaban J connectivity index is 1.37. The van der Waals surface area contributed by atoms with E-state index in [1.807, 2.05) is 60.3 Å². The zero-order chi connectivity index (χ0) is 24.6. The molecule has 1 atom stereocenters. The van der Waals surface area contributed by atoms with Crippen LogP contribution in [0.25, 0.3) is 11.0 Å². The standard InChI is InChI=1S/C26H30N6O3/c1-31(2)13-6-11-24(33)32-14-12-20(17-32)30-26-21-16-19(29-25(21)27-18-28-26)8-7-15-35-23-10-5-4-9-22(23)34-3/h4-6,9-11,16,18,20H,12-15,17H2,1-3H3,(H2,27,28,29,30)/t20-/m1/s1. The van der Waals surface area contributed by atoms with Crippen LogP contribution in [0, 0.1) is 11.8 Å². The number of amides is 1. The predicted molar refractivity (Wildman–Crippen MR) is 136 cm³/mol. The first kappa shape index (κ1) is 24.1. The number of ether oxygens (including phenoxy) is 2. The molecular weight excluding hydrogens is 444 g/mol. The smallest absolute Gasteiger partial charge is 0.246 e. The topological polar surface area (TPSA) is 95.6 Å². The molecule has 1 saturated heterocycles. The van der Waals surface area contributed by atoms with Gasteiger partial charge in [-0.15, -0.1) is 0 Å². The Hall–Kier alpha value is -4.03. The summed E-state index contributed by atoms with van der Waals surface area (Å²) in [4.78, 5) is 28.3. The number of anilines is 1. The first-order valence-electron chi connectivity index (χ1n) is 11.5. The lowest BCUT2D eigenvalue weighted by Crippen LogP contribution is -2.30. The number of carbonyl (C=O) groups excluding carboxylic acids is 1. The summed E-state index contributed by atoms with van der Waals surface area (Å²) in [5, 5.41) is 4.33. The van der Waals surface area contributed by atoms with Crippen molar-refractivity contribution >= 4 is 22.8 Å². The first-order valence-corrected chi connectivity index (χ1v) is 11.5. The van der Waals surface area contributed by atoms with E-state index in [0.29, 0.717) is 30.2 Å². The summed E-state index contributed by atoms with van der Waals surface area (Å²) in [6.07, 6.45) is 5.92. The summed E-state index contributed by atoms with van der Waals surface area (Å²) in [6.45, 7) is 2.31. The Morgan fingerprint density at radius 1 is 1.31 bits per heavy atom. The number of benzene rings is 1. The molecule has 0 unspecified atom stereocenters. The predicted octanol–water partition coefficient (Wildman–Crippen LogP) is 2.53. The third-order valence-corrected chi connectivity index (χ3v) is 5.59.